The van der Waals surface area contributed by atoms with Crippen LogP contribution in [0.5, 0.6) is 0 Å². The van der Waals surface area contributed by atoms with Crippen molar-refractivity contribution in [1.82, 2.24) is 0 Å². The molecule has 1 unspecified atom stereocenters. The molecule has 0 saturated carbocycles. The van der Waals surface area contributed by atoms with Crippen molar-refractivity contribution < 1.29 is 37.6 Å². The van der Waals surface area contributed by atoms with Gasteiger partial charge in [0.15, 0.2) is 6.10 Å². The lowest BCUT2D eigenvalue weighted by atomic mass is 10.1. The lowest BCUT2D eigenvalue weighted by Gasteiger charge is -2.19. The molecule has 0 spiro atoms. The largest absolute Gasteiger partial charge is 0.472 e. The minimum absolute atomic E-state index is 0.0401. The van der Waals surface area contributed by atoms with Gasteiger partial charge in [0.2, 0.25) is 0 Å². The normalized spacial score (nSPS) is 14.1. The van der Waals surface area contributed by atoms with Crippen molar-refractivity contribution in [1.29, 1.82) is 0 Å². The Morgan fingerprint density at radius 1 is 0.566 bits per heavy atom. The van der Waals surface area contributed by atoms with E-state index in [0.717, 1.165) is 70.6 Å². The van der Waals surface area contributed by atoms with Crippen LogP contribution in [0.3, 0.4) is 0 Å². The monoisotopic (exact) mass is 764 g/mol. The first-order valence-corrected chi connectivity index (χ1v) is 21.9. The quantitative estimate of drug-likeness (QED) is 0.0274. The van der Waals surface area contributed by atoms with Gasteiger partial charge in [-0.1, -0.05) is 132 Å². The number of carbonyl (C=O) groups excluding carboxylic acids is 2. The van der Waals surface area contributed by atoms with Gasteiger partial charge in [0.1, 0.15) is 6.61 Å². The number of esters is 2. The van der Waals surface area contributed by atoms with E-state index < -0.39 is 32.5 Å². The van der Waals surface area contributed by atoms with Crippen LogP contribution in [-0.2, 0) is 32.7 Å². The van der Waals surface area contributed by atoms with Gasteiger partial charge in [0, 0.05) is 19.4 Å². The molecule has 10 heteroatoms. The van der Waals surface area contributed by atoms with Gasteiger partial charge in [-0.25, -0.2) is 4.57 Å². The standard InChI is InChI=1S/C43H74NO8P/c1-3-5-7-9-11-13-15-17-19-20-22-24-26-28-30-32-34-36-43(46)52-41(40-51-53(47,48)50-38-37-44)39-49-42(45)35-33-31-29-27-25-23-21-18-16-14-12-10-8-6-4-2/h7,9,13,15,18-21,24-27,41H,3-6,8,10-12,14,16-17,22-23,28-40,44H2,1-2H3,(H,47,48)/b9-7+,15-13+,20-19+,21-18+,26-24+,27-25+/t41-/m1/s1. The molecule has 304 valence electrons. The highest BCUT2D eigenvalue weighted by Crippen LogP contribution is 2.43. The van der Waals surface area contributed by atoms with E-state index in [2.05, 4.69) is 86.8 Å². The molecule has 9 nitrogen and oxygen atoms in total. The number of hydrogen-bond acceptors (Lipinski definition) is 8. The molecule has 0 rings (SSSR count). The summed E-state index contributed by atoms with van der Waals surface area (Å²) in [4.78, 5) is 34.8. The summed E-state index contributed by atoms with van der Waals surface area (Å²) in [6.45, 7) is 3.56. The number of phosphoric ester groups is 1. The zero-order valence-electron chi connectivity index (χ0n) is 33.2. The van der Waals surface area contributed by atoms with Crippen LogP contribution >= 0.6 is 7.82 Å². The van der Waals surface area contributed by atoms with Gasteiger partial charge in [-0.15, -0.1) is 0 Å². The molecule has 0 aromatic rings. The molecular formula is C43H74NO8P. The summed E-state index contributed by atoms with van der Waals surface area (Å²) in [7, 11) is -4.39. The topological polar surface area (TPSA) is 134 Å². The van der Waals surface area contributed by atoms with Crippen LogP contribution < -0.4 is 5.73 Å². The van der Waals surface area contributed by atoms with Gasteiger partial charge < -0.3 is 20.1 Å². The summed E-state index contributed by atoms with van der Waals surface area (Å²) in [5, 5.41) is 0. The van der Waals surface area contributed by atoms with E-state index in [9.17, 15) is 19.0 Å². The van der Waals surface area contributed by atoms with E-state index >= 15 is 0 Å². The Bertz CT molecular complexity index is 1100. The SMILES string of the molecule is CCC/C=C/C/C=C/C/C=C/C/C=C/CCCCCC(=O)O[C@H](COC(=O)CCCC/C=C/C/C=C/CCCCCCCC)COP(=O)(O)OCCN. The third-order valence-corrected chi connectivity index (χ3v) is 9.03. The van der Waals surface area contributed by atoms with Gasteiger partial charge in [0.05, 0.1) is 13.2 Å². The second-order valence-corrected chi connectivity index (χ2v) is 14.6. The molecule has 0 aliphatic heterocycles. The van der Waals surface area contributed by atoms with Gasteiger partial charge in [-0.2, -0.15) is 0 Å². The molecule has 0 aliphatic rings. The maximum absolute atomic E-state index is 12.5. The lowest BCUT2D eigenvalue weighted by molar-refractivity contribution is -0.161. The summed E-state index contributed by atoms with van der Waals surface area (Å²) in [6, 6.07) is 0. The first-order chi connectivity index (χ1) is 25.8. The van der Waals surface area contributed by atoms with E-state index in [4.69, 9.17) is 24.3 Å². The third-order valence-electron chi connectivity index (χ3n) is 8.05. The van der Waals surface area contributed by atoms with Crippen molar-refractivity contribution in [2.75, 3.05) is 26.4 Å². The van der Waals surface area contributed by atoms with Crippen LogP contribution in [0.15, 0.2) is 72.9 Å². The molecule has 0 aromatic carbocycles. The van der Waals surface area contributed by atoms with Crippen LogP contribution in [-0.4, -0.2) is 49.3 Å². The molecule has 2 atom stereocenters. The van der Waals surface area contributed by atoms with Crippen LogP contribution in [0.2, 0.25) is 0 Å². The number of carbonyl (C=O) groups is 2. The third kappa shape index (κ3) is 39.0. The number of hydrogen-bond donors (Lipinski definition) is 2. The van der Waals surface area contributed by atoms with Gasteiger partial charge >= 0.3 is 19.8 Å². The number of allylic oxidation sites excluding steroid dienone is 12. The Morgan fingerprint density at radius 3 is 1.57 bits per heavy atom. The molecule has 0 fully saturated rings. The molecule has 0 heterocycles. The van der Waals surface area contributed by atoms with Crippen molar-refractivity contribution in [2.24, 2.45) is 5.73 Å². The van der Waals surface area contributed by atoms with Crippen LogP contribution in [0.25, 0.3) is 0 Å². The first-order valence-electron chi connectivity index (χ1n) is 20.4. The number of unbranched alkanes of at least 4 members (excludes halogenated alkanes) is 12. The Labute approximate surface area is 322 Å². The van der Waals surface area contributed by atoms with E-state index in [1.165, 1.54) is 44.9 Å². The summed E-state index contributed by atoms with van der Waals surface area (Å²) < 4.78 is 32.6. The van der Waals surface area contributed by atoms with Crippen LogP contribution in [0, 0.1) is 0 Å². The Morgan fingerprint density at radius 2 is 1.02 bits per heavy atom. The number of ether oxygens (including phenoxy) is 2. The molecule has 0 bridgehead atoms. The summed E-state index contributed by atoms with van der Waals surface area (Å²) in [5.74, 6) is -0.911. The van der Waals surface area contributed by atoms with E-state index in [1.54, 1.807) is 0 Å². The summed E-state index contributed by atoms with van der Waals surface area (Å²) in [6.07, 6.45) is 46.5. The fourth-order valence-electron chi connectivity index (χ4n) is 5.01. The molecule has 0 amide bonds. The number of phosphoric acid groups is 1. The minimum atomic E-state index is -4.39. The fourth-order valence-corrected chi connectivity index (χ4v) is 5.77. The summed E-state index contributed by atoms with van der Waals surface area (Å²) in [5.41, 5.74) is 5.33. The highest BCUT2D eigenvalue weighted by atomic mass is 31.2. The van der Waals surface area contributed by atoms with Crippen molar-refractivity contribution in [3.63, 3.8) is 0 Å². The first kappa shape index (κ1) is 50.5. The maximum Gasteiger partial charge on any atom is 0.472 e. The van der Waals surface area contributed by atoms with Gasteiger partial charge in [-0.05, 0) is 83.5 Å². The maximum atomic E-state index is 12.5. The van der Waals surface area contributed by atoms with Crippen molar-refractivity contribution in [3.8, 4) is 0 Å². The molecule has 0 aromatic heterocycles. The average Bonchev–Trinajstić information content (AvgIpc) is 3.14. The molecule has 0 aliphatic carbocycles. The molecular weight excluding hydrogens is 689 g/mol. The summed E-state index contributed by atoms with van der Waals surface area (Å²) >= 11 is 0. The minimum Gasteiger partial charge on any atom is -0.462 e. The van der Waals surface area contributed by atoms with E-state index in [-0.39, 0.29) is 32.6 Å². The smallest absolute Gasteiger partial charge is 0.462 e. The number of rotatable bonds is 37. The van der Waals surface area contributed by atoms with Crippen LogP contribution in [0.1, 0.15) is 155 Å². The zero-order valence-corrected chi connectivity index (χ0v) is 34.1. The van der Waals surface area contributed by atoms with Crippen molar-refractivity contribution in [2.45, 2.75) is 161 Å². The second-order valence-electron chi connectivity index (χ2n) is 13.1. The van der Waals surface area contributed by atoms with Crippen LogP contribution in [0.4, 0.5) is 0 Å². The number of nitrogens with two attached hydrogens (primary N) is 1. The zero-order chi connectivity index (χ0) is 38.9. The molecule has 0 radical (unpaired) electrons. The highest BCUT2D eigenvalue weighted by Gasteiger charge is 2.25. The van der Waals surface area contributed by atoms with E-state index in [1.807, 2.05) is 0 Å². The fraction of sp³-hybridized carbons (Fsp3) is 0.674. The average molecular weight is 764 g/mol. The van der Waals surface area contributed by atoms with Crippen molar-refractivity contribution in [3.05, 3.63) is 72.9 Å². The predicted molar refractivity (Wildman–Crippen MR) is 219 cm³/mol. The Hall–Kier alpha value is -2.55. The molecule has 53 heavy (non-hydrogen) atoms. The van der Waals surface area contributed by atoms with Gasteiger partial charge in [0.25, 0.3) is 0 Å². The van der Waals surface area contributed by atoms with Crippen molar-refractivity contribution >= 4 is 19.8 Å². The molecule has 0 saturated heterocycles. The van der Waals surface area contributed by atoms with Gasteiger partial charge in [-0.3, -0.25) is 18.6 Å². The second kappa shape index (κ2) is 39.2. The Balaban J connectivity index is 4.33. The van der Waals surface area contributed by atoms with E-state index in [0.29, 0.717) is 12.8 Å². The Kier molecular flexibility index (Phi) is 37.3. The predicted octanol–water partition coefficient (Wildman–Crippen LogP) is 11.5. The highest BCUT2D eigenvalue weighted by molar-refractivity contribution is 7.47. The lowest BCUT2D eigenvalue weighted by Crippen LogP contribution is -2.29. The molecule has 3 N–H and O–H groups in total.